The zero-order valence-corrected chi connectivity index (χ0v) is 17.7. The fourth-order valence-electron chi connectivity index (χ4n) is 4.82. The molecule has 156 valence electrons. The molecule has 2 aliphatic rings. The molecule has 1 spiro atoms. The van der Waals surface area contributed by atoms with Crippen LogP contribution in [-0.2, 0) is 4.74 Å². The van der Waals surface area contributed by atoms with Crippen molar-refractivity contribution in [3.05, 3.63) is 23.8 Å². The first-order valence-electron chi connectivity index (χ1n) is 10.4. The Hall–Kier alpha value is -1.79. The number of methoxy groups -OCH3 is 1. The number of ether oxygens (including phenoxy) is 3. The Balaban J connectivity index is 1.69. The van der Waals surface area contributed by atoms with E-state index in [1.54, 1.807) is 7.11 Å². The van der Waals surface area contributed by atoms with E-state index in [1.165, 1.54) is 0 Å². The molecule has 0 aliphatic carbocycles. The second-order valence-electron chi connectivity index (χ2n) is 8.03. The van der Waals surface area contributed by atoms with E-state index >= 15 is 0 Å². The van der Waals surface area contributed by atoms with Gasteiger partial charge in [-0.3, -0.25) is 4.79 Å². The van der Waals surface area contributed by atoms with Gasteiger partial charge in [0.25, 0.3) is 5.91 Å². The summed E-state index contributed by atoms with van der Waals surface area (Å²) in [5.41, 5.74) is 0.941. The maximum absolute atomic E-state index is 13.1. The molecule has 28 heavy (non-hydrogen) atoms. The Kier molecular flexibility index (Phi) is 6.83. The van der Waals surface area contributed by atoms with Gasteiger partial charge in [-0.1, -0.05) is 0 Å². The number of likely N-dealkylation sites (tertiary alicyclic amines) is 2. The third-order valence-electron chi connectivity index (χ3n) is 6.19. The lowest BCUT2D eigenvalue weighted by Gasteiger charge is -2.42. The van der Waals surface area contributed by atoms with Gasteiger partial charge in [0.1, 0.15) is 0 Å². The van der Waals surface area contributed by atoms with Crippen molar-refractivity contribution in [2.75, 3.05) is 60.2 Å². The first-order chi connectivity index (χ1) is 13.5. The number of carbonyl (C=O) groups excluding carboxylic acids is 1. The molecule has 0 saturated carbocycles. The van der Waals surface area contributed by atoms with E-state index in [1.807, 2.05) is 36.9 Å². The van der Waals surface area contributed by atoms with Crippen molar-refractivity contribution in [2.45, 2.75) is 26.7 Å². The van der Waals surface area contributed by atoms with Gasteiger partial charge in [0.15, 0.2) is 11.5 Å². The maximum atomic E-state index is 13.1. The highest BCUT2D eigenvalue weighted by Crippen LogP contribution is 2.44. The zero-order valence-electron chi connectivity index (χ0n) is 17.7. The SMILES string of the molecule is CCOc1ccc(C(=O)N2CCC3(CC2)CN(C)CC3COC)cc1OCC. The fraction of sp³-hybridized carbons (Fsp3) is 0.682. The van der Waals surface area contributed by atoms with Crippen LogP contribution in [0.4, 0.5) is 0 Å². The standard InChI is InChI=1S/C22H34N2O4/c1-5-27-19-8-7-17(13-20(19)28-6-2)21(25)24-11-9-22(10-12-24)16-23(3)14-18(22)15-26-4/h7-8,13,18H,5-6,9-12,14-16H2,1-4H3. The van der Waals surface area contributed by atoms with Gasteiger partial charge >= 0.3 is 0 Å². The van der Waals surface area contributed by atoms with E-state index in [4.69, 9.17) is 14.2 Å². The number of hydrogen-bond donors (Lipinski definition) is 0. The molecule has 2 saturated heterocycles. The lowest BCUT2D eigenvalue weighted by molar-refractivity contribution is 0.0324. The van der Waals surface area contributed by atoms with Gasteiger partial charge in [-0.15, -0.1) is 0 Å². The summed E-state index contributed by atoms with van der Waals surface area (Å²) in [7, 11) is 3.97. The van der Waals surface area contributed by atoms with Crippen molar-refractivity contribution in [3.8, 4) is 11.5 Å². The predicted octanol–water partition coefficient (Wildman–Crippen LogP) is 2.91. The minimum absolute atomic E-state index is 0.0773. The van der Waals surface area contributed by atoms with Gasteiger partial charge in [-0.05, 0) is 57.4 Å². The summed E-state index contributed by atoms with van der Waals surface area (Å²) in [6.45, 7) is 9.55. The minimum Gasteiger partial charge on any atom is -0.490 e. The third kappa shape index (κ3) is 4.28. The van der Waals surface area contributed by atoms with Gasteiger partial charge < -0.3 is 24.0 Å². The molecule has 0 N–H and O–H groups in total. The van der Waals surface area contributed by atoms with E-state index in [0.717, 1.165) is 45.6 Å². The van der Waals surface area contributed by atoms with Gasteiger partial charge in [0, 0.05) is 44.8 Å². The minimum atomic E-state index is 0.0773. The predicted molar refractivity (Wildman–Crippen MR) is 109 cm³/mol. The van der Waals surface area contributed by atoms with Gasteiger partial charge in [0.2, 0.25) is 0 Å². The lowest BCUT2D eigenvalue weighted by atomic mass is 9.71. The summed E-state index contributed by atoms with van der Waals surface area (Å²) in [4.78, 5) is 17.5. The van der Waals surface area contributed by atoms with Crippen molar-refractivity contribution < 1.29 is 19.0 Å². The molecule has 6 nitrogen and oxygen atoms in total. The summed E-state index contributed by atoms with van der Waals surface area (Å²) in [5.74, 6) is 1.96. The quantitative estimate of drug-likeness (QED) is 0.717. The third-order valence-corrected chi connectivity index (χ3v) is 6.19. The van der Waals surface area contributed by atoms with Gasteiger partial charge in [-0.25, -0.2) is 0 Å². The Morgan fingerprint density at radius 1 is 1.14 bits per heavy atom. The Morgan fingerprint density at radius 3 is 2.46 bits per heavy atom. The molecule has 1 unspecified atom stereocenters. The monoisotopic (exact) mass is 390 g/mol. The Morgan fingerprint density at radius 2 is 1.82 bits per heavy atom. The van der Waals surface area contributed by atoms with Crippen molar-refractivity contribution >= 4 is 5.91 Å². The summed E-state index contributed by atoms with van der Waals surface area (Å²) in [6.07, 6.45) is 2.07. The second kappa shape index (κ2) is 9.14. The number of piperidine rings is 1. The lowest BCUT2D eigenvalue weighted by Crippen LogP contribution is -2.47. The van der Waals surface area contributed by atoms with Crippen LogP contribution in [0.1, 0.15) is 37.0 Å². The van der Waals surface area contributed by atoms with E-state index in [2.05, 4.69) is 11.9 Å². The van der Waals surface area contributed by atoms with Gasteiger partial charge in [-0.2, -0.15) is 0 Å². The summed E-state index contributed by atoms with van der Waals surface area (Å²) in [5, 5.41) is 0. The van der Waals surface area contributed by atoms with E-state index in [0.29, 0.717) is 36.2 Å². The van der Waals surface area contributed by atoms with Crippen LogP contribution in [-0.4, -0.2) is 75.9 Å². The van der Waals surface area contributed by atoms with Crippen molar-refractivity contribution in [2.24, 2.45) is 11.3 Å². The second-order valence-corrected chi connectivity index (χ2v) is 8.03. The maximum Gasteiger partial charge on any atom is 0.253 e. The molecule has 0 aromatic heterocycles. The fourth-order valence-corrected chi connectivity index (χ4v) is 4.82. The number of rotatable bonds is 7. The number of hydrogen-bond acceptors (Lipinski definition) is 5. The van der Waals surface area contributed by atoms with Crippen LogP contribution in [0.5, 0.6) is 11.5 Å². The molecule has 1 amide bonds. The number of amides is 1. The highest BCUT2D eigenvalue weighted by molar-refractivity contribution is 5.95. The molecular formula is C22H34N2O4. The van der Waals surface area contributed by atoms with E-state index in [9.17, 15) is 4.79 Å². The van der Waals surface area contributed by atoms with E-state index < -0.39 is 0 Å². The molecule has 3 rings (SSSR count). The summed E-state index contributed by atoms with van der Waals surface area (Å²) in [6, 6.07) is 5.50. The zero-order chi connectivity index (χ0) is 20.1. The molecule has 0 bridgehead atoms. The first kappa shape index (κ1) is 20.9. The van der Waals surface area contributed by atoms with Crippen molar-refractivity contribution in [1.82, 2.24) is 9.80 Å². The van der Waals surface area contributed by atoms with Crippen LogP contribution < -0.4 is 9.47 Å². The molecular weight excluding hydrogens is 356 g/mol. The summed E-state index contributed by atoms with van der Waals surface area (Å²) >= 11 is 0. The normalized spacial score (nSPS) is 21.9. The van der Waals surface area contributed by atoms with Crippen LogP contribution in [0, 0.1) is 11.3 Å². The number of benzene rings is 1. The molecule has 1 aromatic rings. The molecule has 1 aromatic carbocycles. The molecule has 2 aliphatic heterocycles. The Bertz CT molecular complexity index is 671. The van der Waals surface area contributed by atoms with E-state index in [-0.39, 0.29) is 11.3 Å². The summed E-state index contributed by atoms with van der Waals surface area (Å²) < 4.78 is 16.8. The molecule has 2 fully saturated rings. The van der Waals surface area contributed by atoms with Gasteiger partial charge in [0.05, 0.1) is 19.8 Å². The highest BCUT2D eigenvalue weighted by Gasteiger charge is 2.47. The van der Waals surface area contributed by atoms with Crippen LogP contribution in [0.25, 0.3) is 0 Å². The molecule has 0 radical (unpaired) electrons. The average molecular weight is 391 g/mol. The van der Waals surface area contributed by atoms with Crippen molar-refractivity contribution in [1.29, 1.82) is 0 Å². The highest BCUT2D eigenvalue weighted by atomic mass is 16.5. The Labute approximate surface area is 168 Å². The topological polar surface area (TPSA) is 51.2 Å². The van der Waals surface area contributed by atoms with Crippen LogP contribution in [0.2, 0.25) is 0 Å². The number of carbonyl (C=O) groups is 1. The van der Waals surface area contributed by atoms with Crippen LogP contribution in [0.3, 0.4) is 0 Å². The largest absolute Gasteiger partial charge is 0.490 e. The molecule has 1 atom stereocenters. The smallest absolute Gasteiger partial charge is 0.253 e. The molecule has 2 heterocycles. The van der Waals surface area contributed by atoms with Crippen LogP contribution in [0.15, 0.2) is 18.2 Å². The first-order valence-corrected chi connectivity index (χ1v) is 10.4. The molecule has 6 heteroatoms. The van der Waals surface area contributed by atoms with Crippen molar-refractivity contribution in [3.63, 3.8) is 0 Å². The average Bonchev–Trinajstić information content (AvgIpc) is 2.98. The number of nitrogens with zero attached hydrogens (tertiary/aromatic N) is 2. The van der Waals surface area contributed by atoms with Crippen LogP contribution >= 0.6 is 0 Å².